The Hall–Kier alpha value is -1.62. The summed E-state index contributed by atoms with van der Waals surface area (Å²) in [7, 11) is -3.48. The van der Waals surface area contributed by atoms with Crippen molar-refractivity contribution in [2.75, 3.05) is 0 Å². The highest BCUT2D eigenvalue weighted by Gasteiger charge is 2.28. The molecule has 0 N–H and O–H groups in total. The molecule has 15 heavy (non-hydrogen) atoms. The van der Waals surface area contributed by atoms with Gasteiger partial charge in [-0.2, -0.15) is 0 Å². The summed E-state index contributed by atoms with van der Waals surface area (Å²) >= 11 is 0. The third-order valence-corrected chi connectivity index (χ3v) is 3.56. The maximum atomic E-state index is 11.6. The van der Waals surface area contributed by atoms with Gasteiger partial charge in [-0.1, -0.05) is 18.2 Å². The van der Waals surface area contributed by atoms with Gasteiger partial charge in [-0.05, 0) is 19.1 Å². The molecule has 0 aromatic heterocycles. The molecule has 5 heteroatoms. The lowest BCUT2D eigenvalue weighted by Gasteiger charge is -2.04. The van der Waals surface area contributed by atoms with Crippen molar-refractivity contribution in [2.24, 2.45) is 4.99 Å². The number of rotatable bonds is 1. The molecule has 1 aliphatic rings. The molecule has 1 heterocycles. The summed E-state index contributed by atoms with van der Waals surface area (Å²) in [4.78, 5) is 3.91. The van der Waals surface area contributed by atoms with Gasteiger partial charge in [0.1, 0.15) is 5.75 Å². The average molecular weight is 223 g/mol. The number of hydrogen-bond acceptors (Lipinski definition) is 4. The zero-order chi connectivity index (χ0) is 10.9. The Morgan fingerprint density at radius 2 is 1.87 bits per heavy atom. The predicted molar refractivity (Wildman–Crippen MR) is 57.2 cm³/mol. The summed E-state index contributed by atoms with van der Waals surface area (Å²) in [6.07, 6.45) is 1.29. The summed E-state index contributed by atoms with van der Waals surface area (Å²) in [6.45, 7) is 1.49. The van der Waals surface area contributed by atoms with Gasteiger partial charge in [-0.25, -0.2) is 13.4 Å². The van der Waals surface area contributed by atoms with Crippen molar-refractivity contribution in [1.82, 2.24) is 0 Å². The first-order valence-corrected chi connectivity index (χ1v) is 5.81. The first kappa shape index (κ1) is 9.92. The highest BCUT2D eigenvalue weighted by molar-refractivity contribution is 8.09. The second-order valence-electron chi connectivity index (χ2n) is 3.05. The Morgan fingerprint density at radius 1 is 1.20 bits per heavy atom. The van der Waals surface area contributed by atoms with Gasteiger partial charge in [-0.15, -0.1) is 0 Å². The maximum Gasteiger partial charge on any atom is 0.319 e. The molecule has 0 spiro atoms. The van der Waals surface area contributed by atoms with Gasteiger partial charge in [0.15, 0.2) is 0 Å². The van der Waals surface area contributed by atoms with E-state index in [1.165, 1.54) is 13.1 Å². The van der Waals surface area contributed by atoms with Crippen molar-refractivity contribution in [3.8, 4) is 5.75 Å². The van der Waals surface area contributed by atoms with Crippen LogP contribution in [0.1, 0.15) is 6.92 Å². The quantitative estimate of drug-likeness (QED) is 0.728. The molecule has 1 aromatic carbocycles. The van der Waals surface area contributed by atoms with Gasteiger partial charge >= 0.3 is 5.23 Å². The molecule has 1 aliphatic heterocycles. The molecule has 0 saturated carbocycles. The maximum absolute atomic E-state index is 11.6. The molecular weight excluding hydrogens is 214 g/mol. The first-order valence-electron chi connectivity index (χ1n) is 4.33. The van der Waals surface area contributed by atoms with Crippen molar-refractivity contribution < 1.29 is 13.2 Å². The van der Waals surface area contributed by atoms with E-state index in [-0.39, 0.29) is 10.1 Å². The Balaban J connectivity index is 2.25. The van der Waals surface area contributed by atoms with Crippen molar-refractivity contribution in [1.29, 1.82) is 0 Å². The Bertz CT molecular complexity index is 529. The minimum atomic E-state index is -3.48. The second-order valence-corrected chi connectivity index (χ2v) is 5.05. The summed E-state index contributed by atoms with van der Waals surface area (Å²) in [6, 6.07) is 8.69. The molecule has 1 aromatic rings. The van der Waals surface area contributed by atoms with Gasteiger partial charge in [0.2, 0.25) is 0 Å². The average Bonchev–Trinajstić information content (AvgIpc) is 2.47. The predicted octanol–water partition coefficient (Wildman–Crippen LogP) is 1.71. The highest BCUT2D eigenvalue weighted by atomic mass is 32.2. The monoisotopic (exact) mass is 223 g/mol. The number of hydrogen-bond donors (Lipinski definition) is 0. The standard InChI is InChI=1S/C10H9NO3S/c1-8-7-11-10(15(8,12)13)14-9-5-3-2-4-6-9/h2-7H,1H3. The van der Waals surface area contributed by atoms with Crippen LogP contribution in [0.15, 0.2) is 46.4 Å². The fourth-order valence-corrected chi connectivity index (χ4v) is 1.95. The van der Waals surface area contributed by atoms with Gasteiger partial charge in [-0.3, -0.25) is 0 Å². The van der Waals surface area contributed by atoms with Crippen molar-refractivity contribution in [3.63, 3.8) is 0 Å². The van der Waals surface area contributed by atoms with Crippen LogP contribution in [0.4, 0.5) is 0 Å². The lowest BCUT2D eigenvalue weighted by molar-refractivity contribution is 0.549. The van der Waals surface area contributed by atoms with Crippen LogP contribution in [0, 0.1) is 0 Å². The van der Waals surface area contributed by atoms with Crippen LogP contribution < -0.4 is 4.74 Å². The summed E-state index contributed by atoms with van der Waals surface area (Å²) in [5.41, 5.74) is 0. The molecule has 2 rings (SSSR count). The first-order chi connectivity index (χ1) is 7.10. The van der Waals surface area contributed by atoms with E-state index >= 15 is 0 Å². The van der Waals surface area contributed by atoms with Crippen LogP contribution in [-0.2, 0) is 9.84 Å². The summed E-state index contributed by atoms with van der Waals surface area (Å²) in [5.74, 6) is 0.461. The van der Waals surface area contributed by atoms with Gasteiger partial charge in [0.05, 0.1) is 4.91 Å². The van der Waals surface area contributed by atoms with Crippen LogP contribution in [0.2, 0.25) is 0 Å². The Morgan fingerprint density at radius 3 is 2.40 bits per heavy atom. The summed E-state index contributed by atoms with van der Waals surface area (Å²) < 4.78 is 28.3. The number of para-hydroxylation sites is 1. The number of sulfone groups is 1. The topological polar surface area (TPSA) is 55.7 Å². The zero-order valence-corrected chi connectivity index (χ0v) is 8.86. The SMILES string of the molecule is CC1=CN=C(Oc2ccccc2)S1(=O)=O. The van der Waals surface area contributed by atoms with Crippen molar-refractivity contribution in [2.45, 2.75) is 6.92 Å². The number of ether oxygens (including phenoxy) is 1. The smallest absolute Gasteiger partial charge is 0.319 e. The second kappa shape index (κ2) is 3.51. The molecular formula is C10H9NO3S. The van der Waals surface area contributed by atoms with E-state index in [0.717, 1.165) is 0 Å². The fraction of sp³-hybridized carbons (Fsp3) is 0.100. The normalized spacial score (nSPS) is 18.2. The van der Waals surface area contributed by atoms with Crippen LogP contribution in [0.3, 0.4) is 0 Å². The number of nitrogens with zero attached hydrogens (tertiary/aromatic N) is 1. The minimum Gasteiger partial charge on any atom is -0.430 e. The van der Waals surface area contributed by atoms with Crippen LogP contribution in [0.5, 0.6) is 5.75 Å². The van der Waals surface area contributed by atoms with Crippen molar-refractivity contribution >= 4 is 15.1 Å². The van der Waals surface area contributed by atoms with E-state index in [4.69, 9.17) is 4.74 Å². The third-order valence-electron chi connectivity index (χ3n) is 1.95. The largest absolute Gasteiger partial charge is 0.430 e. The van der Waals surface area contributed by atoms with Crippen LogP contribution in [0.25, 0.3) is 0 Å². The van der Waals surface area contributed by atoms with E-state index in [1.54, 1.807) is 24.3 Å². The zero-order valence-electron chi connectivity index (χ0n) is 8.04. The number of allylic oxidation sites excluding steroid dienone is 1. The fourth-order valence-electron chi connectivity index (χ4n) is 1.09. The summed E-state index contributed by atoms with van der Waals surface area (Å²) in [5, 5.41) is -0.258. The number of aliphatic imine (C=N–C) groups is 1. The third kappa shape index (κ3) is 1.78. The van der Waals surface area contributed by atoms with Gasteiger partial charge in [0, 0.05) is 6.20 Å². The molecule has 0 bridgehead atoms. The van der Waals surface area contributed by atoms with Crippen molar-refractivity contribution in [3.05, 3.63) is 41.4 Å². The molecule has 0 amide bonds. The van der Waals surface area contributed by atoms with E-state index in [9.17, 15) is 8.42 Å². The minimum absolute atomic E-state index is 0.202. The van der Waals surface area contributed by atoms with Crippen LogP contribution >= 0.6 is 0 Å². The lowest BCUT2D eigenvalue weighted by Crippen LogP contribution is -2.18. The van der Waals surface area contributed by atoms with Gasteiger partial charge in [0.25, 0.3) is 9.84 Å². The Kier molecular flexibility index (Phi) is 2.32. The van der Waals surface area contributed by atoms with Gasteiger partial charge < -0.3 is 4.74 Å². The number of benzene rings is 1. The molecule has 0 unspecified atom stereocenters. The molecule has 4 nitrogen and oxygen atoms in total. The molecule has 0 radical (unpaired) electrons. The highest BCUT2D eigenvalue weighted by Crippen LogP contribution is 2.19. The molecule has 0 aliphatic carbocycles. The molecule has 0 atom stereocenters. The van der Waals surface area contributed by atoms with E-state index < -0.39 is 9.84 Å². The van der Waals surface area contributed by atoms with E-state index in [2.05, 4.69) is 4.99 Å². The lowest BCUT2D eigenvalue weighted by atomic mass is 10.3. The molecule has 0 fully saturated rings. The van der Waals surface area contributed by atoms with E-state index in [0.29, 0.717) is 5.75 Å². The molecule has 0 saturated heterocycles. The Labute approximate surface area is 87.8 Å². The van der Waals surface area contributed by atoms with Crippen LogP contribution in [-0.4, -0.2) is 13.6 Å². The van der Waals surface area contributed by atoms with E-state index in [1.807, 2.05) is 6.07 Å². The molecule has 78 valence electrons.